The number of aryl methyl sites for hydroxylation is 1. The van der Waals surface area contributed by atoms with Crippen LogP contribution in [-0.2, 0) is 11.2 Å². The Morgan fingerprint density at radius 3 is 3.13 bits per heavy atom. The van der Waals surface area contributed by atoms with Crippen molar-refractivity contribution in [1.29, 1.82) is 0 Å². The fourth-order valence-electron chi connectivity index (χ4n) is 2.87. The van der Waals surface area contributed by atoms with Crippen LogP contribution in [0.5, 0.6) is 0 Å². The molecule has 124 valence electrons. The number of rotatable bonds is 6. The molecule has 0 bridgehead atoms. The van der Waals surface area contributed by atoms with Crippen LogP contribution < -0.4 is 5.32 Å². The van der Waals surface area contributed by atoms with E-state index in [-0.39, 0.29) is 12.0 Å². The maximum Gasteiger partial charge on any atom is 0.248 e. The lowest BCUT2D eigenvalue weighted by Crippen LogP contribution is -2.33. The maximum atomic E-state index is 11.9. The van der Waals surface area contributed by atoms with Gasteiger partial charge in [0, 0.05) is 30.3 Å². The van der Waals surface area contributed by atoms with Crippen molar-refractivity contribution in [3.05, 3.63) is 22.7 Å². The quantitative estimate of drug-likeness (QED) is 0.846. The summed E-state index contributed by atoms with van der Waals surface area (Å²) in [6.45, 7) is 0.639. The number of nitrogens with one attached hydrogen (secondary N) is 1. The Morgan fingerprint density at radius 1 is 1.43 bits per heavy atom. The Balaban J connectivity index is 1.40. The number of hydrogen-bond acceptors (Lipinski definition) is 6. The summed E-state index contributed by atoms with van der Waals surface area (Å²) in [4.78, 5) is 11.9. The minimum Gasteiger partial charge on any atom is -0.421 e. The van der Waals surface area contributed by atoms with Gasteiger partial charge in [-0.25, -0.2) is 0 Å². The number of amides is 1. The monoisotopic (exact) mass is 335 g/mol. The van der Waals surface area contributed by atoms with Crippen LogP contribution in [0.3, 0.4) is 0 Å². The number of aromatic nitrogens is 2. The van der Waals surface area contributed by atoms with Gasteiger partial charge in [0.2, 0.25) is 17.7 Å². The zero-order valence-corrected chi connectivity index (χ0v) is 13.7. The van der Waals surface area contributed by atoms with Gasteiger partial charge in [-0.3, -0.25) is 4.79 Å². The van der Waals surface area contributed by atoms with Crippen molar-refractivity contribution in [3.8, 4) is 11.5 Å². The van der Waals surface area contributed by atoms with Gasteiger partial charge in [-0.15, -0.1) is 10.2 Å². The second-order valence-corrected chi connectivity index (χ2v) is 6.78. The standard InChI is InChI=1S/C16H21N3O3S/c20-13-3-1-2-11(8-13)9-17-14(21)4-5-15-18-19-16(22-15)12-6-7-23-10-12/h6-7,10-11,13,20H,1-5,8-9H2,(H,17,21). The van der Waals surface area contributed by atoms with Gasteiger partial charge in [-0.1, -0.05) is 6.42 Å². The lowest BCUT2D eigenvalue weighted by Gasteiger charge is -2.25. The predicted octanol–water partition coefficient (Wildman–Crippen LogP) is 2.40. The van der Waals surface area contributed by atoms with Crippen LogP contribution in [0.2, 0.25) is 0 Å². The van der Waals surface area contributed by atoms with Gasteiger partial charge in [0.25, 0.3) is 0 Å². The molecule has 6 nitrogen and oxygen atoms in total. The minimum absolute atomic E-state index is 0.0136. The molecule has 2 heterocycles. The second kappa shape index (κ2) is 7.70. The molecular weight excluding hydrogens is 314 g/mol. The fourth-order valence-corrected chi connectivity index (χ4v) is 3.50. The molecule has 0 aromatic carbocycles. The molecule has 1 aliphatic carbocycles. The third-order valence-corrected chi connectivity index (χ3v) is 4.83. The van der Waals surface area contributed by atoms with Crippen LogP contribution >= 0.6 is 11.3 Å². The molecular formula is C16H21N3O3S. The smallest absolute Gasteiger partial charge is 0.248 e. The molecule has 3 rings (SSSR count). The second-order valence-electron chi connectivity index (χ2n) is 6.00. The molecule has 0 saturated heterocycles. The van der Waals surface area contributed by atoms with Crippen molar-refractivity contribution in [2.45, 2.75) is 44.6 Å². The first kappa shape index (κ1) is 16.1. The summed E-state index contributed by atoms with van der Waals surface area (Å²) in [5.41, 5.74) is 0.911. The van der Waals surface area contributed by atoms with E-state index in [0.717, 1.165) is 31.2 Å². The zero-order chi connectivity index (χ0) is 16.1. The third kappa shape index (κ3) is 4.62. The van der Waals surface area contributed by atoms with Crippen molar-refractivity contribution in [3.63, 3.8) is 0 Å². The molecule has 1 amide bonds. The Morgan fingerprint density at radius 2 is 2.35 bits per heavy atom. The molecule has 2 atom stereocenters. The molecule has 0 radical (unpaired) electrons. The zero-order valence-electron chi connectivity index (χ0n) is 12.9. The SMILES string of the molecule is O=C(CCc1nnc(-c2ccsc2)o1)NCC1CCCC(O)C1. The summed E-state index contributed by atoms with van der Waals surface area (Å²) in [7, 11) is 0. The highest BCUT2D eigenvalue weighted by Crippen LogP contribution is 2.23. The number of carbonyl (C=O) groups is 1. The highest BCUT2D eigenvalue weighted by atomic mass is 32.1. The number of carbonyl (C=O) groups excluding carboxylic acids is 1. The minimum atomic E-state index is -0.209. The molecule has 2 aromatic heterocycles. The highest BCUT2D eigenvalue weighted by Gasteiger charge is 2.20. The molecule has 2 aromatic rings. The van der Waals surface area contributed by atoms with Crippen LogP contribution in [0, 0.1) is 5.92 Å². The fraction of sp³-hybridized carbons (Fsp3) is 0.562. The molecule has 1 aliphatic rings. The molecule has 1 fully saturated rings. The Kier molecular flexibility index (Phi) is 5.40. The van der Waals surface area contributed by atoms with E-state index >= 15 is 0 Å². The lowest BCUT2D eigenvalue weighted by molar-refractivity contribution is -0.121. The van der Waals surface area contributed by atoms with Gasteiger partial charge in [-0.05, 0) is 36.6 Å². The van der Waals surface area contributed by atoms with Gasteiger partial charge in [-0.2, -0.15) is 11.3 Å². The van der Waals surface area contributed by atoms with E-state index < -0.39 is 0 Å². The van der Waals surface area contributed by atoms with Crippen molar-refractivity contribution in [1.82, 2.24) is 15.5 Å². The van der Waals surface area contributed by atoms with E-state index in [1.165, 1.54) is 0 Å². The first-order valence-electron chi connectivity index (χ1n) is 8.00. The third-order valence-electron chi connectivity index (χ3n) is 4.14. The van der Waals surface area contributed by atoms with Gasteiger partial charge >= 0.3 is 0 Å². The summed E-state index contributed by atoms with van der Waals surface area (Å²) < 4.78 is 5.56. The largest absolute Gasteiger partial charge is 0.421 e. The van der Waals surface area contributed by atoms with Crippen molar-refractivity contribution >= 4 is 17.2 Å². The van der Waals surface area contributed by atoms with Crippen molar-refractivity contribution in [2.75, 3.05) is 6.54 Å². The van der Waals surface area contributed by atoms with Gasteiger partial charge in [0.1, 0.15) is 0 Å². The predicted molar refractivity (Wildman–Crippen MR) is 86.9 cm³/mol. The molecule has 2 N–H and O–H groups in total. The van der Waals surface area contributed by atoms with E-state index in [1.54, 1.807) is 11.3 Å². The van der Waals surface area contributed by atoms with E-state index in [9.17, 15) is 9.90 Å². The molecule has 1 saturated carbocycles. The molecule has 23 heavy (non-hydrogen) atoms. The molecule has 2 unspecified atom stereocenters. The number of thiophene rings is 1. The van der Waals surface area contributed by atoms with Gasteiger partial charge < -0.3 is 14.8 Å². The van der Waals surface area contributed by atoms with Crippen LogP contribution in [0.25, 0.3) is 11.5 Å². The number of nitrogens with zero attached hydrogens (tertiary/aromatic N) is 2. The van der Waals surface area contributed by atoms with E-state index in [4.69, 9.17) is 4.42 Å². The molecule has 7 heteroatoms. The van der Waals surface area contributed by atoms with Crippen molar-refractivity contribution < 1.29 is 14.3 Å². The summed E-state index contributed by atoms with van der Waals surface area (Å²) in [5.74, 6) is 1.35. The Hall–Kier alpha value is -1.73. The van der Waals surface area contributed by atoms with E-state index in [0.29, 0.717) is 37.1 Å². The summed E-state index contributed by atoms with van der Waals surface area (Å²) in [5, 5.41) is 24.5. The first-order valence-corrected chi connectivity index (χ1v) is 8.94. The van der Waals surface area contributed by atoms with Crippen LogP contribution in [0.1, 0.15) is 38.0 Å². The van der Waals surface area contributed by atoms with Crippen LogP contribution in [-0.4, -0.2) is 33.9 Å². The molecule has 0 aliphatic heterocycles. The average Bonchev–Trinajstić information content (AvgIpc) is 3.22. The van der Waals surface area contributed by atoms with E-state index in [2.05, 4.69) is 15.5 Å². The topological polar surface area (TPSA) is 88.2 Å². The normalized spacial score (nSPS) is 21.3. The number of aliphatic hydroxyl groups is 1. The van der Waals surface area contributed by atoms with Crippen molar-refractivity contribution in [2.24, 2.45) is 5.92 Å². The summed E-state index contributed by atoms with van der Waals surface area (Å²) in [6.07, 6.45) is 4.35. The Bertz CT molecular complexity index is 626. The lowest BCUT2D eigenvalue weighted by atomic mass is 9.87. The first-order chi connectivity index (χ1) is 11.2. The maximum absolute atomic E-state index is 11.9. The number of aliphatic hydroxyl groups excluding tert-OH is 1. The Labute approximate surface area is 138 Å². The summed E-state index contributed by atoms with van der Waals surface area (Å²) >= 11 is 1.57. The highest BCUT2D eigenvalue weighted by molar-refractivity contribution is 7.08. The average molecular weight is 335 g/mol. The van der Waals surface area contributed by atoms with Crippen LogP contribution in [0.4, 0.5) is 0 Å². The van der Waals surface area contributed by atoms with Crippen LogP contribution in [0.15, 0.2) is 21.2 Å². The van der Waals surface area contributed by atoms with Gasteiger partial charge in [0.15, 0.2) is 0 Å². The van der Waals surface area contributed by atoms with Gasteiger partial charge in [0.05, 0.1) is 6.10 Å². The summed E-state index contributed by atoms with van der Waals surface area (Å²) in [6, 6.07) is 1.92. The van der Waals surface area contributed by atoms with E-state index in [1.807, 2.05) is 16.8 Å². The number of hydrogen-bond donors (Lipinski definition) is 2. The molecule has 0 spiro atoms.